The number of aromatic carboxylic acids is 1. The number of hydrogen-bond donors (Lipinski definition) is 0. The molecule has 1 aliphatic rings. The number of alkyl halides is 3. The maximum Gasteiger partial charge on any atom is 0.433 e. The number of sulfone groups is 1. The van der Waals surface area contributed by atoms with Crippen LogP contribution in [0.5, 0.6) is 0 Å². The molecule has 1 atom stereocenters. The Kier molecular flexibility index (Phi) is 4.45. The van der Waals surface area contributed by atoms with Gasteiger partial charge in [0.1, 0.15) is 11.5 Å². The number of halogens is 3. The zero-order chi connectivity index (χ0) is 21.8. The number of carboxylic acid groups (broad SMARTS) is 1. The van der Waals surface area contributed by atoms with Crippen molar-refractivity contribution in [3.63, 3.8) is 0 Å². The molecule has 158 valence electrons. The molecule has 3 aromatic rings. The summed E-state index contributed by atoms with van der Waals surface area (Å²) in [6, 6.07) is 4.73. The molecule has 13 heteroatoms. The molecule has 0 spiro atoms. The van der Waals surface area contributed by atoms with Crippen molar-refractivity contribution in [1.82, 2.24) is 19.5 Å². The highest BCUT2D eigenvalue weighted by Gasteiger charge is 2.40. The summed E-state index contributed by atoms with van der Waals surface area (Å²) in [6.45, 7) is 0.182. The largest absolute Gasteiger partial charge is 0.545 e. The number of carboxylic acids is 1. The summed E-state index contributed by atoms with van der Waals surface area (Å²) >= 11 is 0. The summed E-state index contributed by atoms with van der Waals surface area (Å²) in [5, 5.41) is 9.65. The van der Waals surface area contributed by atoms with Gasteiger partial charge < -0.3 is 19.4 Å². The highest BCUT2D eigenvalue weighted by Crippen LogP contribution is 2.36. The van der Waals surface area contributed by atoms with Crippen LogP contribution in [0.25, 0.3) is 11.0 Å². The van der Waals surface area contributed by atoms with Gasteiger partial charge in [-0.2, -0.15) is 13.2 Å². The van der Waals surface area contributed by atoms with Crippen molar-refractivity contribution in [1.29, 1.82) is 0 Å². The minimum absolute atomic E-state index is 0.000253. The molecule has 0 saturated heterocycles. The van der Waals surface area contributed by atoms with Gasteiger partial charge in [0.2, 0.25) is 5.95 Å². The second kappa shape index (κ2) is 6.65. The third kappa shape index (κ3) is 3.34. The Morgan fingerprint density at radius 1 is 1.20 bits per heavy atom. The fourth-order valence-corrected chi connectivity index (χ4v) is 4.66. The lowest BCUT2D eigenvalue weighted by molar-refractivity contribution is -0.255. The van der Waals surface area contributed by atoms with Gasteiger partial charge in [-0.25, -0.2) is 23.4 Å². The fraction of sp³-hybridized carbons (Fsp3) is 0.294. The Bertz CT molecular complexity index is 1270. The van der Waals surface area contributed by atoms with Gasteiger partial charge in [0.25, 0.3) is 0 Å². The van der Waals surface area contributed by atoms with E-state index in [-0.39, 0.29) is 30.0 Å². The van der Waals surface area contributed by atoms with Crippen molar-refractivity contribution in [3.8, 4) is 0 Å². The monoisotopic (exact) mass is 440 g/mol. The molecular weight excluding hydrogens is 427 g/mol. The van der Waals surface area contributed by atoms with E-state index >= 15 is 0 Å². The smallest absolute Gasteiger partial charge is 0.433 e. The molecule has 0 aliphatic carbocycles. The van der Waals surface area contributed by atoms with Crippen LogP contribution >= 0.6 is 0 Å². The second-order valence-corrected chi connectivity index (χ2v) is 8.83. The highest BCUT2D eigenvalue weighted by molar-refractivity contribution is 7.91. The topological polar surface area (TPSA) is 121 Å². The van der Waals surface area contributed by atoms with E-state index in [1.165, 1.54) is 18.2 Å². The number of imidazole rings is 1. The number of hydrogen-bond acceptors (Lipinski definition) is 8. The van der Waals surface area contributed by atoms with Crippen LogP contribution in [0, 0.1) is 0 Å². The minimum atomic E-state index is -4.72. The first-order valence-electron chi connectivity index (χ1n) is 8.54. The Hall–Kier alpha value is -3.22. The van der Waals surface area contributed by atoms with Gasteiger partial charge >= 0.3 is 6.18 Å². The van der Waals surface area contributed by atoms with Gasteiger partial charge in [-0.15, -0.1) is 0 Å². The van der Waals surface area contributed by atoms with Crippen molar-refractivity contribution < 1.29 is 31.5 Å². The van der Waals surface area contributed by atoms with Gasteiger partial charge in [0, 0.05) is 25.5 Å². The summed E-state index contributed by atoms with van der Waals surface area (Å²) in [5.74, 6) is -1.77. The van der Waals surface area contributed by atoms with Crippen LogP contribution in [0.3, 0.4) is 0 Å². The van der Waals surface area contributed by atoms with Crippen molar-refractivity contribution in [2.75, 3.05) is 17.7 Å². The Morgan fingerprint density at radius 2 is 1.93 bits per heavy atom. The molecule has 0 amide bonds. The van der Waals surface area contributed by atoms with E-state index in [4.69, 9.17) is 0 Å². The summed E-state index contributed by atoms with van der Waals surface area (Å²) in [6.07, 6.45) is -2.88. The molecule has 4 rings (SSSR count). The van der Waals surface area contributed by atoms with Crippen LogP contribution in [-0.4, -0.2) is 46.7 Å². The molecule has 0 N–H and O–H groups in total. The van der Waals surface area contributed by atoms with Gasteiger partial charge in [0.15, 0.2) is 15.2 Å². The number of anilines is 1. The molecule has 0 saturated carbocycles. The van der Waals surface area contributed by atoms with Gasteiger partial charge in [-0.05, 0) is 23.8 Å². The third-order valence-corrected chi connectivity index (χ3v) is 5.95. The standard InChI is InChI=1S/C17H14F3N5O4S/c1-30(28,29)14-13-22-10-8-9(15(26)27)2-3-11(10)24(13)6-7-25(14)16-21-5-4-12(23-16)17(18,19)20/h2-5,8,14H,6-7H2,1H3,(H,26,27)/p-1. The van der Waals surface area contributed by atoms with Crippen LogP contribution in [0.15, 0.2) is 30.5 Å². The molecule has 1 aliphatic heterocycles. The summed E-state index contributed by atoms with van der Waals surface area (Å²) in [7, 11) is -3.91. The fourth-order valence-electron chi connectivity index (χ4n) is 3.44. The lowest BCUT2D eigenvalue weighted by Gasteiger charge is -2.34. The molecule has 1 unspecified atom stereocenters. The summed E-state index contributed by atoms with van der Waals surface area (Å²) < 4.78 is 65.9. The SMILES string of the molecule is CS(=O)(=O)C1c2nc3cc(C(=O)[O-])ccc3n2CCN1c1nccc(C(F)(F)F)n1. The third-order valence-electron chi connectivity index (χ3n) is 4.68. The van der Waals surface area contributed by atoms with Crippen LogP contribution in [0.1, 0.15) is 27.3 Å². The maximum atomic E-state index is 13.1. The zero-order valence-electron chi connectivity index (χ0n) is 15.3. The molecule has 9 nitrogen and oxygen atoms in total. The number of fused-ring (bicyclic) bond motifs is 3. The molecule has 0 bridgehead atoms. The van der Waals surface area contributed by atoms with Crippen LogP contribution in [0.4, 0.5) is 19.1 Å². The predicted octanol–water partition coefficient (Wildman–Crippen LogP) is 0.772. The molecule has 30 heavy (non-hydrogen) atoms. The number of carbonyl (C=O) groups is 1. The average molecular weight is 440 g/mol. The number of nitrogens with zero attached hydrogens (tertiary/aromatic N) is 5. The second-order valence-electron chi connectivity index (χ2n) is 6.73. The van der Waals surface area contributed by atoms with Gasteiger partial charge in [-0.3, -0.25) is 0 Å². The van der Waals surface area contributed by atoms with Gasteiger partial charge in [0.05, 0.1) is 17.0 Å². The minimum Gasteiger partial charge on any atom is -0.545 e. The molecule has 0 fully saturated rings. The summed E-state index contributed by atoms with van der Waals surface area (Å²) in [5.41, 5.74) is -0.607. The van der Waals surface area contributed by atoms with Gasteiger partial charge in [-0.1, -0.05) is 6.07 Å². The van der Waals surface area contributed by atoms with Crippen molar-refractivity contribution in [3.05, 3.63) is 47.5 Å². The van der Waals surface area contributed by atoms with E-state index in [2.05, 4.69) is 15.0 Å². The normalized spacial score (nSPS) is 17.2. The molecule has 0 radical (unpaired) electrons. The van der Waals surface area contributed by atoms with Crippen LogP contribution in [-0.2, 0) is 22.6 Å². The number of aromatic nitrogens is 4. The molecule has 3 heterocycles. The van der Waals surface area contributed by atoms with Crippen molar-refractivity contribution in [2.24, 2.45) is 0 Å². The maximum absolute atomic E-state index is 13.1. The van der Waals surface area contributed by atoms with E-state index < -0.39 is 39.0 Å². The Morgan fingerprint density at radius 3 is 2.57 bits per heavy atom. The Balaban J connectivity index is 1.88. The predicted molar refractivity (Wildman–Crippen MR) is 96.0 cm³/mol. The number of benzene rings is 1. The molecule has 1 aromatic carbocycles. The Labute approximate surface area is 167 Å². The van der Waals surface area contributed by atoms with Crippen molar-refractivity contribution in [2.45, 2.75) is 18.1 Å². The lowest BCUT2D eigenvalue weighted by Crippen LogP contribution is -2.43. The van der Waals surface area contributed by atoms with E-state index in [1.807, 2.05) is 0 Å². The van der Waals surface area contributed by atoms with E-state index in [1.54, 1.807) is 4.57 Å². The van der Waals surface area contributed by atoms with E-state index in [0.29, 0.717) is 11.6 Å². The average Bonchev–Trinajstić information content (AvgIpc) is 3.03. The quantitative estimate of drug-likeness (QED) is 0.586. The zero-order valence-corrected chi connectivity index (χ0v) is 16.1. The summed E-state index contributed by atoms with van der Waals surface area (Å²) in [4.78, 5) is 23.8. The number of rotatable bonds is 3. The lowest BCUT2D eigenvalue weighted by atomic mass is 10.2. The highest BCUT2D eigenvalue weighted by atomic mass is 32.2. The van der Waals surface area contributed by atoms with E-state index in [9.17, 15) is 31.5 Å². The first-order valence-corrected chi connectivity index (χ1v) is 10.5. The molecule has 2 aromatic heterocycles. The van der Waals surface area contributed by atoms with Crippen LogP contribution < -0.4 is 10.0 Å². The van der Waals surface area contributed by atoms with Crippen molar-refractivity contribution >= 4 is 32.8 Å². The van der Waals surface area contributed by atoms with E-state index in [0.717, 1.165) is 17.4 Å². The number of carbonyl (C=O) groups excluding carboxylic acids is 1. The first kappa shape index (κ1) is 20.1. The van der Waals surface area contributed by atoms with Crippen LogP contribution in [0.2, 0.25) is 0 Å². The molecular formula is C17H13F3N5O4S-. The first-order chi connectivity index (χ1) is 14.0.